The minimum Gasteiger partial charge on any atom is -0.465 e. The van der Waals surface area contributed by atoms with Crippen LogP contribution >= 0.6 is 11.6 Å². The molecule has 2 heterocycles. The predicted molar refractivity (Wildman–Crippen MR) is 98.1 cm³/mol. The summed E-state index contributed by atoms with van der Waals surface area (Å²) >= 11 is 6.28. The number of carbonyl (C=O) groups excluding carboxylic acids is 1. The second-order valence-corrected chi connectivity index (χ2v) is 6.14. The Morgan fingerprint density at radius 1 is 1.15 bits per heavy atom. The van der Waals surface area contributed by atoms with Crippen molar-refractivity contribution < 1.29 is 14.3 Å². The molecule has 0 radical (unpaired) electrons. The van der Waals surface area contributed by atoms with Crippen LogP contribution in [0.25, 0.3) is 16.6 Å². The highest BCUT2D eigenvalue weighted by Crippen LogP contribution is 2.33. The number of hydrogen-bond donors (Lipinski definition) is 0. The van der Waals surface area contributed by atoms with Crippen molar-refractivity contribution in [2.45, 2.75) is 6.92 Å². The third kappa shape index (κ3) is 2.74. The summed E-state index contributed by atoms with van der Waals surface area (Å²) < 4.78 is 12.4. The number of fused-ring (bicyclic) bond motifs is 3. The summed E-state index contributed by atoms with van der Waals surface area (Å²) in [7, 11) is 1.32. The number of para-hydroxylation sites is 1. The van der Waals surface area contributed by atoms with Crippen molar-refractivity contribution in [3.63, 3.8) is 0 Å². The standard InChI is InChI=1S/C19H14ClN3O3/c1-11-9-17-21-18(13-5-3-4-6-15(13)23(17)22-11)26-16-8-7-12(10-14(16)20)19(24)25-2/h3-10H,1-2H3. The lowest BCUT2D eigenvalue weighted by molar-refractivity contribution is 0.0600. The Kier molecular flexibility index (Phi) is 3.97. The molecule has 130 valence electrons. The van der Waals surface area contributed by atoms with Gasteiger partial charge < -0.3 is 9.47 Å². The zero-order valence-corrected chi connectivity index (χ0v) is 14.8. The van der Waals surface area contributed by atoms with Crippen LogP contribution in [0.3, 0.4) is 0 Å². The summed E-state index contributed by atoms with van der Waals surface area (Å²) in [5, 5.41) is 5.57. The maximum absolute atomic E-state index is 11.6. The molecule has 2 aromatic carbocycles. The molecule has 0 unspecified atom stereocenters. The number of rotatable bonds is 3. The average molecular weight is 368 g/mol. The largest absolute Gasteiger partial charge is 0.465 e. The van der Waals surface area contributed by atoms with Crippen molar-refractivity contribution in [2.75, 3.05) is 7.11 Å². The summed E-state index contributed by atoms with van der Waals surface area (Å²) in [6.45, 7) is 1.91. The van der Waals surface area contributed by atoms with Gasteiger partial charge in [-0.1, -0.05) is 23.7 Å². The van der Waals surface area contributed by atoms with Crippen molar-refractivity contribution in [3.05, 3.63) is 64.8 Å². The van der Waals surface area contributed by atoms with Gasteiger partial charge in [0.25, 0.3) is 0 Å². The van der Waals surface area contributed by atoms with E-state index in [-0.39, 0.29) is 0 Å². The van der Waals surface area contributed by atoms with Crippen LogP contribution in [0, 0.1) is 6.92 Å². The Morgan fingerprint density at radius 3 is 2.73 bits per heavy atom. The molecule has 0 fully saturated rings. The van der Waals surface area contributed by atoms with Gasteiger partial charge in [0.05, 0.1) is 34.3 Å². The molecule has 4 rings (SSSR count). The molecule has 0 amide bonds. The summed E-state index contributed by atoms with van der Waals surface area (Å²) in [6, 6.07) is 14.3. The molecule has 0 saturated carbocycles. The average Bonchev–Trinajstić information content (AvgIpc) is 3.03. The van der Waals surface area contributed by atoms with E-state index in [1.807, 2.05) is 37.3 Å². The second kappa shape index (κ2) is 6.31. The number of esters is 1. The zero-order valence-electron chi connectivity index (χ0n) is 14.1. The summed E-state index contributed by atoms with van der Waals surface area (Å²) in [4.78, 5) is 16.2. The molecule has 6 nitrogen and oxygen atoms in total. The first-order valence-electron chi connectivity index (χ1n) is 7.87. The first kappa shape index (κ1) is 16.4. The lowest BCUT2D eigenvalue weighted by Crippen LogP contribution is -2.01. The van der Waals surface area contributed by atoms with E-state index in [9.17, 15) is 4.79 Å². The highest BCUT2D eigenvalue weighted by Gasteiger charge is 2.15. The van der Waals surface area contributed by atoms with Gasteiger partial charge in [0.2, 0.25) is 5.88 Å². The third-order valence-electron chi connectivity index (χ3n) is 3.95. The fraction of sp³-hybridized carbons (Fsp3) is 0.105. The minimum absolute atomic E-state index is 0.295. The lowest BCUT2D eigenvalue weighted by Gasteiger charge is -2.11. The van der Waals surface area contributed by atoms with Crippen molar-refractivity contribution in [1.29, 1.82) is 0 Å². The Hall–Kier alpha value is -3.12. The molecule has 2 aromatic heterocycles. The van der Waals surface area contributed by atoms with Crippen molar-refractivity contribution in [1.82, 2.24) is 14.6 Å². The molecule has 0 aliphatic carbocycles. The summed E-state index contributed by atoms with van der Waals surface area (Å²) in [5.74, 6) is 0.358. The first-order valence-corrected chi connectivity index (χ1v) is 8.25. The Balaban J connectivity index is 1.83. The van der Waals surface area contributed by atoms with Gasteiger partial charge in [0, 0.05) is 6.07 Å². The van der Waals surface area contributed by atoms with Gasteiger partial charge in [0.1, 0.15) is 5.75 Å². The summed E-state index contributed by atoms with van der Waals surface area (Å²) in [6.07, 6.45) is 0. The van der Waals surface area contributed by atoms with Crippen LogP contribution in [0.15, 0.2) is 48.5 Å². The first-order chi connectivity index (χ1) is 12.6. The van der Waals surface area contributed by atoms with Crippen LogP contribution in [0.1, 0.15) is 16.1 Å². The van der Waals surface area contributed by atoms with Crippen LogP contribution < -0.4 is 4.74 Å². The molecule has 0 aliphatic heterocycles. The van der Waals surface area contributed by atoms with Crippen molar-refractivity contribution in [2.24, 2.45) is 0 Å². The van der Waals surface area contributed by atoms with E-state index in [0.29, 0.717) is 27.9 Å². The number of ether oxygens (including phenoxy) is 2. The number of benzene rings is 2. The lowest BCUT2D eigenvalue weighted by atomic mass is 10.2. The third-order valence-corrected chi connectivity index (χ3v) is 4.25. The molecule has 4 aromatic rings. The molecular weight excluding hydrogens is 354 g/mol. The molecule has 0 aliphatic rings. The monoisotopic (exact) mass is 367 g/mol. The van der Waals surface area contributed by atoms with Crippen molar-refractivity contribution >= 4 is 34.1 Å². The van der Waals surface area contributed by atoms with Gasteiger partial charge >= 0.3 is 5.97 Å². The Morgan fingerprint density at radius 2 is 1.96 bits per heavy atom. The van der Waals surface area contributed by atoms with Crippen LogP contribution in [0.4, 0.5) is 0 Å². The van der Waals surface area contributed by atoms with Gasteiger partial charge in [-0.15, -0.1) is 0 Å². The molecule has 0 bridgehead atoms. The van der Waals surface area contributed by atoms with Crippen molar-refractivity contribution in [3.8, 4) is 11.6 Å². The fourth-order valence-electron chi connectivity index (χ4n) is 2.76. The highest BCUT2D eigenvalue weighted by molar-refractivity contribution is 6.32. The molecule has 26 heavy (non-hydrogen) atoms. The Bertz CT molecular complexity index is 1150. The number of hydrogen-bond acceptors (Lipinski definition) is 5. The van der Waals surface area contributed by atoms with Crippen LogP contribution in [0.5, 0.6) is 11.6 Å². The molecule has 0 N–H and O–H groups in total. The van der Waals surface area contributed by atoms with E-state index in [2.05, 4.69) is 10.1 Å². The number of aromatic nitrogens is 3. The number of halogens is 1. The van der Waals surface area contributed by atoms with Crippen LogP contribution in [-0.2, 0) is 4.74 Å². The number of methoxy groups -OCH3 is 1. The van der Waals surface area contributed by atoms with Gasteiger partial charge in [0.15, 0.2) is 5.65 Å². The van der Waals surface area contributed by atoms with Gasteiger partial charge in [-0.2, -0.15) is 10.1 Å². The van der Waals surface area contributed by atoms with E-state index in [4.69, 9.17) is 21.1 Å². The fourth-order valence-corrected chi connectivity index (χ4v) is 2.98. The van der Waals surface area contributed by atoms with Crippen LogP contribution in [0.2, 0.25) is 5.02 Å². The molecule has 0 spiro atoms. The van der Waals surface area contributed by atoms with Gasteiger partial charge in [-0.25, -0.2) is 9.31 Å². The number of carbonyl (C=O) groups is 1. The summed E-state index contributed by atoms with van der Waals surface area (Å²) in [5.41, 5.74) is 2.77. The minimum atomic E-state index is -0.460. The van der Waals surface area contributed by atoms with Gasteiger partial charge in [-0.05, 0) is 37.3 Å². The van der Waals surface area contributed by atoms with E-state index >= 15 is 0 Å². The smallest absolute Gasteiger partial charge is 0.337 e. The molecule has 0 atom stereocenters. The molecule has 0 saturated heterocycles. The zero-order chi connectivity index (χ0) is 18.3. The maximum Gasteiger partial charge on any atom is 0.337 e. The number of aryl methyl sites for hydroxylation is 1. The SMILES string of the molecule is COC(=O)c1ccc(Oc2nc3cc(C)nn3c3ccccc23)c(Cl)c1. The molecular formula is C19H14ClN3O3. The highest BCUT2D eigenvalue weighted by atomic mass is 35.5. The quantitative estimate of drug-likeness (QED) is 0.501. The van der Waals surface area contributed by atoms with E-state index < -0.39 is 5.97 Å². The van der Waals surface area contributed by atoms with E-state index in [0.717, 1.165) is 16.6 Å². The second-order valence-electron chi connectivity index (χ2n) is 5.73. The van der Waals surface area contributed by atoms with E-state index in [1.54, 1.807) is 16.6 Å². The van der Waals surface area contributed by atoms with E-state index in [1.165, 1.54) is 13.2 Å². The Labute approximate surface area is 153 Å². The normalized spacial score (nSPS) is 11.0. The predicted octanol–water partition coefficient (Wildman–Crippen LogP) is 4.42. The van der Waals surface area contributed by atoms with Gasteiger partial charge in [-0.3, -0.25) is 0 Å². The topological polar surface area (TPSA) is 65.7 Å². The molecule has 7 heteroatoms. The van der Waals surface area contributed by atoms with Crippen LogP contribution in [-0.4, -0.2) is 27.7 Å². The number of nitrogens with zero attached hydrogens (tertiary/aromatic N) is 3. The maximum atomic E-state index is 11.6.